The zero-order chi connectivity index (χ0) is 47.4. The number of ether oxygens (including phenoxy) is 6. The van der Waals surface area contributed by atoms with Crippen molar-refractivity contribution >= 4 is 17.9 Å². The number of morpholine rings is 1. The van der Waals surface area contributed by atoms with E-state index < -0.39 is 95.7 Å². The number of halogens is 12. The molecule has 1 unspecified atom stereocenters. The van der Waals surface area contributed by atoms with Crippen LogP contribution in [0.3, 0.4) is 0 Å². The lowest BCUT2D eigenvalue weighted by atomic mass is 10.1. The van der Waals surface area contributed by atoms with Gasteiger partial charge in [0.15, 0.2) is 6.10 Å². The van der Waals surface area contributed by atoms with E-state index in [-0.39, 0.29) is 51.2 Å². The second kappa shape index (κ2) is 25.9. The van der Waals surface area contributed by atoms with Crippen LogP contribution in [0.15, 0.2) is 36.4 Å². The quantitative estimate of drug-likeness (QED) is 0.0391. The molecule has 0 bridgehead atoms. The molecule has 0 spiro atoms. The second-order valence-electron chi connectivity index (χ2n) is 14.9. The molecule has 0 radical (unpaired) electrons. The maximum atomic E-state index is 13.3. The zero-order valence-corrected chi connectivity index (χ0v) is 34.8. The fourth-order valence-electron chi connectivity index (χ4n) is 6.21. The van der Waals surface area contributed by atoms with E-state index in [4.69, 9.17) is 28.4 Å². The van der Waals surface area contributed by atoms with Crippen molar-refractivity contribution in [1.82, 2.24) is 4.90 Å². The van der Waals surface area contributed by atoms with Gasteiger partial charge >= 0.3 is 42.6 Å². The molecule has 362 valence electrons. The van der Waals surface area contributed by atoms with Crippen LogP contribution >= 0.6 is 0 Å². The molecule has 1 aliphatic rings. The van der Waals surface area contributed by atoms with Crippen LogP contribution in [0, 0.1) is 0 Å². The Hall–Kier alpha value is -4.47. The van der Waals surface area contributed by atoms with Crippen LogP contribution in [0.25, 0.3) is 0 Å². The predicted octanol–water partition coefficient (Wildman–Crippen LogP) is 10.6. The Labute approximate surface area is 361 Å². The van der Waals surface area contributed by atoms with E-state index in [0.717, 1.165) is 0 Å². The van der Waals surface area contributed by atoms with Gasteiger partial charge in [-0.2, -0.15) is 52.7 Å². The molecular formula is C42H51F12NO9. The zero-order valence-electron chi connectivity index (χ0n) is 34.8. The lowest BCUT2D eigenvalue weighted by molar-refractivity contribution is -0.167. The molecule has 1 atom stereocenters. The van der Waals surface area contributed by atoms with Crippen LogP contribution in [0.4, 0.5) is 52.7 Å². The summed E-state index contributed by atoms with van der Waals surface area (Å²) in [6, 6.07) is 2.19. The third-order valence-electron chi connectivity index (χ3n) is 9.62. The van der Waals surface area contributed by atoms with Crippen LogP contribution in [-0.4, -0.2) is 88.2 Å². The Morgan fingerprint density at radius 2 is 1.03 bits per heavy atom. The summed E-state index contributed by atoms with van der Waals surface area (Å²) in [6.07, 6.45) is -15.7. The van der Waals surface area contributed by atoms with Crippen LogP contribution in [0.5, 0.6) is 11.5 Å². The van der Waals surface area contributed by atoms with Gasteiger partial charge in [0.1, 0.15) is 24.7 Å². The number of esters is 3. The van der Waals surface area contributed by atoms with Gasteiger partial charge in [-0.15, -0.1) is 0 Å². The Morgan fingerprint density at radius 1 is 0.547 bits per heavy atom. The SMILES string of the molecule is O=C(CCCCCCCCOc1cc(C(F)(F)F)cc(C(F)(F)F)c1)OCC(COC(=O)CN1CCOCC1)OC(=O)CCCCCCCOc1ccc(C(F)(F)F)cc1C(F)(F)F. The normalized spacial score (nSPS) is 14.5. The van der Waals surface area contributed by atoms with E-state index in [1.165, 1.54) is 0 Å². The minimum atomic E-state index is -5.06. The van der Waals surface area contributed by atoms with Crippen molar-refractivity contribution in [2.75, 3.05) is 59.3 Å². The lowest BCUT2D eigenvalue weighted by Gasteiger charge is -2.25. The number of carbonyl (C=O) groups excluding carboxylic acids is 3. The third kappa shape index (κ3) is 21.0. The van der Waals surface area contributed by atoms with E-state index in [9.17, 15) is 67.1 Å². The Balaban J connectivity index is 1.34. The monoisotopic (exact) mass is 941 g/mol. The van der Waals surface area contributed by atoms with Crippen LogP contribution < -0.4 is 9.47 Å². The molecule has 0 N–H and O–H groups in total. The highest BCUT2D eigenvalue weighted by Gasteiger charge is 2.39. The van der Waals surface area contributed by atoms with Crippen LogP contribution in [0.2, 0.25) is 0 Å². The van der Waals surface area contributed by atoms with Gasteiger partial charge in [0.2, 0.25) is 0 Å². The Kier molecular flexibility index (Phi) is 21.8. The highest BCUT2D eigenvalue weighted by molar-refractivity contribution is 5.72. The van der Waals surface area contributed by atoms with Gasteiger partial charge in [-0.05, 0) is 62.1 Å². The average molecular weight is 942 g/mol. The highest BCUT2D eigenvalue weighted by atomic mass is 19.4. The van der Waals surface area contributed by atoms with Crippen molar-refractivity contribution in [2.24, 2.45) is 0 Å². The molecule has 1 aliphatic heterocycles. The minimum absolute atomic E-state index is 0.000661. The molecule has 10 nitrogen and oxygen atoms in total. The minimum Gasteiger partial charge on any atom is -0.494 e. The third-order valence-corrected chi connectivity index (χ3v) is 9.62. The summed E-state index contributed by atoms with van der Waals surface area (Å²) < 4.78 is 189. The first kappa shape index (κ1) is 53.9. The number of nitrogens with zero attached hydrogens (tertiary/aromatic N) is 1. The van der Waals surface area contributed by atoms with E-state index in [1.54, 1.807) is 0 Å². The molecule has 3 rings (SSSR count). The molecule has 0 amide bonds. The number of benzene rings is 2. The summed E-state index contributed by atoms with van der Waals surface area (Å²) in [6.45, 7) is 0.813. The molecule has 1 saturated heterocycles. The van der Waals surface area contributed by atoms with E-state index in [1.807, 2.05) is 4.90 Å². The molecular weight excluding hydrogens is 890 g/mol. The van der Waals surface area contributed by atoms with Gasteiger partial charge in [-0.1, -0.05) is 44.9 Å². The molecule has 22 heteroatoms. The summed E-state index contributed by atoms with van der Waals surface area (Å²) in [5.74, 6) is -3.12. The van der Waals surface area contributed by atoms with Gasteiger partial charge in [0.05, 0.1) is 55.2 Å². The molecule has 2 aromatic rings. The van der Waals surface area contributed by atoms with Gasteiger partial charge in [-0.3, -0.25) is 19.3 Å². The topological polar surface area (TPSA) is 110 Å². The molecule has 0 aromatic heterocycles. The highest BCUT2D eigenvalue weighted by Crippen LogP contribution is 2.41. The molecule has 64 heavy (non-hydrogen) atoms. The average Bonchev–Trinajstić information content (AvgIpc) is 3.21. The predicted molar refractivity (Wildman–Crippen MR) is 203 cm³/mol. The number of alkyl halides is 12. The molecule has 1 fully saturated rings. The fraction of sp³-hybridized carbons (Fsp3) is 0.643. The number of rotatable bonds is 26. The fourth-order valence-corrected chi connectivity index (χ4v) is 6.21. The van der Waals surface area contributed by atoms with Crippen LogP contribution in [0.1, 0.15) is 106 Å². The van der Waals surface area contributed by atoms with Crippen molar-refractivity contribution < 1.29 is 95.5 Å². The summed E-state index contributed by atoms with van der Waals surface area (Å²) in [5.41, 5.74) is -5.92. The number of unbranched alkanes of at least 4 members (excludes halogenated alkanes) is 9. The Morgan fingerprint density at radius 3 is 1.56 bits per heavy atom. The smallest absolute Gasteiger partial charge is 0.419 e. The molecule has 2 aromatic carbocycles. The van der Waals surface area contributed by atoms with Gasteiger partial charge in [-0.25, -0.2) is 0 Å². The van der Waals surface area contributed by atoms with E-state index in [2.05, 4.69) is 0 Å². The summed E-state index contributed by atoms with van der Waals surface area (Å²) >= 11 is 0. The standard InChI is InChI=1S/C42H51F12NO9/c43-39(44,45)29-14-15-35(34(25-29)42(52,53)54)61-19-11-7-3-5-9-13-37(57)64-33(28-63-38(58)26-55-16-20-59-21-17-55)27-62-36(56)12-8-4-1-2-6-10-18-60-32-23-30(40(46,47)48)22-31(24-32)41(49,50)51/h14-15,22-25,33H,1-13,16-21,26-28H2. The van der Waals surface area contributed by atoms with Crippen molar-refractivity contribution in [3.05, 3.63) is 58.7 Å². The summed E-state index contributed by atoms with van der Waals surface area (Å²) in [4.78, 5) is 39.4. The first-order valence-electron chi connectivity index (χ1n) is 20.7. The first-order chi connectivity index (χ1) is 30.0. The summed E-state index contributed by atoms with van der Waals surface area (Å²) in [7, 11) is 0. The molecule has 0 saturated carbocycles. The van der Waals surface area contributed by atoms with Gasteiger partial charge in [0, 0.05) is 25.9 Å². The van der Waals surface area contributed by atoms with Crippen molar-refractivity contribution in [3.63, 3.8) is 0 Å². The number of carbonyl (C=O) groups is 3. The maximum Gasteiger partial charge on any atom is 0.419 e. The Bertz CT molecular complexity index is 1710. The second-order valence-corrected chi connectivity index (χ2v) is 14.9. The lowest BCUT2D eigenvalue weighted by Crippen LogP contribution is -2.41. The van der Waals surface area contributed by atoms with E-state index in [0.29, 0.717) is 115 Å². The van der Waals surface area contributed by atoms with E-state index >= 15 is 0 Å². The maximum absolute atomic E-state index is 13.3. The summed E-state index contributed by atoms with van der Waals surface area (Å²) in [5, 5.41) is 0. The number of hydrogen-bond donors (Lipinski definition) is 0. The number of hydrogen-bond acceptors (Lipinski definition) is 10. The largest absolute Gasteiger partial charge is 0.494 e. The van der Waals surface area contributed by atoms with Crippen molar-refractivity contribution in [1.29, 1.82) is 0 Å². The van der Waals surface area contributed by atoms with Crippen molar-refractivity contribution in [3.8, 4) is 11.5 Å². The molecule has 1 heterocycles. The van der Waals surface area contributed by atoms with Crippen molar-refractivity contribution in [2.45, 2.75) is 114 Å². The van der Waals surface area contributed by atoms with Gasteiger partial charge < -0.3 is 28.4 Å². The first-order valence-corrected chi connectivity index (χ1v) is 20.7. The van der Waals surface area contributed by atoms with Crippen LogP contribution in [-0.2, 0) is 58.0 Å². The van der Waals surface area contributed by atoms with Gasteiger partial charge in [0.25, 0.3) is 0 Å². The molecule has 0 aliphatic carbocycles.